The third-order valence-electron chi connectivity index (χ3n) is 6.33. The predicted octanol–water partition coefficient (Wildman–Crippen LogP) is 4.97. The van der Waals surface area contributed by atoms with Crippen LogP contribution in [0, 0.1) is 13.8 Å². The Kier molecular flexibility index (Phi) is 7.40. The molecule has 1 N–H and O–H groups in total. The molecule has 4 aromatic rings. The summed E-state index contributed by atoms with van der Waals surface area (Å²) in [7, 11) is 0. The van der Waals surface area contributed by atoms with E-state index in [-0.39, 0.29) is 18.4 Å². The van der Waals surface area contributed by atoms with Gasteiger partial charge in [0.15, 0.2) is 24.2 Å². The summed E-state index contributed by atoms with van der Waals surface area (Å²) in [4.78, 5) is 37.9. The van der Waals surface area contributed by atoms with E-state index >= 15 is 0 Å². The number of aryl methyl sites for hydroxylation is 1. The molecule has 0 saturated carbocycles. The molecule has 0 aliphatic carbocycles. The van der Waals surface area contributed by atoms with Gasteiger partial charge in [-0.25, -0.2) is 0 Å². The number of hydrogen-bond acceptors (Lipinski definition) is 7. The molecule has 2 aromatic heterocycles. The van der Waals surface area contributed by atoms with E-state index in [2.05, 4.69) is 5.32 Å². The topological polar surface area (TPSA) is 95.9 Å². The molecule has 0 radical (unpaired) electrons. The van der Waals surface area contributed by atoms with Crippen LogP contribution in [0.15, 0.2) is 54.6 Å². The van der Waals surface area contributed by atoms with E-state index in [0.717, 1.165) is 21.5 Å². The van der Waals surface area contributed by atoms with Crippen LogP contribution in [0.25, 0.3) is 10.1 Å². The van der Waals surface area contributed by atoms with E-state index in [0.29, 0.717) is 40.1 Å². The van der Waals surface area contributed by atoms with E-state index in [9.17, 15) is 14.4 Å². The molecule has 10 heteroatoms. The van der Waals surface area contributed by atoms with Crippen LogP contribution in [0.3, 0.4) is 0 Å². The Bertz CT molecular complexity index is 1540. The van der Waals surface area contributed by atoms with Crippen molar-refractivity contribution in [2.45, 2.75) is 26.5 Å². The molecule has 1 atom stereocenters. The Hall–Kier alpha value is -3.82. The minimum Gasteiger partial charge on any atom is -0.486 e. The molecule has 1 amide bonds. The molecule has 0 spiro atoms. The highest BCUT2D eigenvalue weighted by molar-refractivity contribution is 7.21. The van der Waals surface area contributed by atoms with Crippen molar-refractivity contribution >= 4 is 50.7 Å². The molecule has 0 saturated heterocycles. The van der Waals surface area contributed by atoms with Gasteiger partial charge < -0.3 is 24.1 Å². The average molecular weight is 553 g/mol. The fraction of sp³-hybridized carbons (Fsp3) is 0.250. The molecule has 196 valence electrons. The Morgan fingerprint density at radius 1 is 1.11 bits per heavy atom. The first-order valence-corrected chi connectivity index (χ1v) is 13.2. The number of para-hydroxylation sites is 2. The zero-order valence-electron chi connectivity index (χ0n) is 20.8. The summed E-state index contributed by atoms with van der Waals surface area (Å²) in [6, 6.07) is 16.7. The van der Waals surface area contributed by atoms with E-state index in [1.807, 2.05) is 66.9 Å². The number of hydrogen-bond donors (Lipinski definition) is 1. The van der Waals surface area contributed by atoms with Gasteiger partial charge in [-0.3, -0.25) is 14.4 Å². The molecule has 1 aliphatic rings. The van der Waals surface area contributed by atoms with E-state index in [4.69, 9.17) is 25.8 Å². The van der Waals surface area contributed by atoms with Crippen LogP contribution >= 0.6 is 22.9 Å². The van der Waals surface area contributed by atoms with E-state index in [1.165, 1.54) is 11.3 Å². The molecular formula is C28H25ClN2O6S. The number of ketones is 1. The van der Waals surface area contributed by atoms with Crippen LogP contribution in [-0.4, -0.2) is 48.1 Å². The van der Waals surface area contributed by atoms with Gasteiger partial charge in [0.25, 0.3) is 5.91 Å². The molecular weight excluding hydrogens is 528 g/mol. The zero-order valence-corrected chi connectivity index (χ0v) is 22.4. The van der Waals surface area contributed by atoms with Crippen LogP contribution < -0.4 is 14.8 Å². The van der Waals surface area contributed by atoms with Gasteiger partial charge >= 0.3 is 5.97 Å². The Balaban J connectivity index is 1.14. The quantitative estimate of drug-likeness (QED) is 0.245. The number of Topliss-reactive ketones (excluding diaryl/α,β-unsaturated/α-hetero) is 1. The number of thiophene rings is 1. The summed E-state index contributed by atoms with van der Waals surface area (Å²) in [6.45, 7) is 3.84. The fourth-order valence-corrected chi connectivity index (χ4v) is 5.82. The third kappa shape index (κ3) is 5.25. The number of esters is 1. The van der Waals surface area contributed by atoms with Gasteiger partial charge in [0.1, 0.15) is 18.0 Å². The zero-order chi connectivity index (χ0) is 26.8. The smallest absolute Gasteiger partial charge is 0.325 e. The third-order valence-corrected chi connectivity index (χ3v) is 8.00. The van der Waals surface area contributed by atoms with Gasteiger partial charge in [0, 0.05) is 27.0 Å². The van der Waals surface area contributed by atoms with Crippen LogP contribution in [0.2, 0.25) is 5.02 Å². The van der Waals surface area contributed by atoms with E-state index in [1.54, 1.807) is 6.07 Å². The molecule has 38 heavy (non-hydrogen) atoms. The Morgan fingerprint density at radius 2 is 1.84 bits per heavy atom. The lowest BCUT2D eigenvalue weighted by atomic mass is 10.1. The number of rotatable bonds is 8. The average Bonchev–Trinajstić information content (AvgIpc) is 3.41. The minimum absolute atomic E-state index is 0.214. The van der Waals surface area contributed by atoms with Crippen LogP contribution in [-0.2, 0) is 16.1 Å². The SMILES string of the molecule is Cc1cc(C(=O)COC(=O)CNC(=O)c2sc3ccccc3c2Cl)c(C)n1C[C@@H]1COc2ccccc2O1. The van der Waals surface area contributed by atoms with Gasteiger partial charge in [0.2, 0.25) is 5.78 Å². The van der Waals surface area contributed by atoms with Gasteiger partial charge in [-0.1, -0.05) is 41.9 Å². The second-order valence-corrected chi connectivity index (χ2v) is 10.3. The highest BCUT2D eigenvalue weighted by Gasteiger charge is 2.24. The van der Waals surface area contributed by atoms with Crippen molar-refractivity contribution in [3.63, 3.8) is 0 Å². The first-order chi connectivity index (χ1) is 18.3. The standard InChI is InChI=1S/C28H25ClN2O6S/c1-16-11-20(17(2)31(16)13-18-14-35-22-8-4-5-9-23(22)37-18)21(32)15-36-25(33)12-30-28(34)27-26(29)19-7-3-6-10-24(19)38-27/h3-11,18H,12-15H2,1-2H3,(H,30,34)/t18-/m1/s1. The summed E-state index contributed by atoms with van der Waals surface area (Å²) in [6.07, 6.45) is -0.214. The second kappa shape index (κ2) is 10.9. The monoisotopic (exact) mass is 552 g/mol. The largest absolute Gasteiger partial charge is 0.486 e. The number of carbonyl (C=O) groups is 3. The van der Waals surface area contributed by atoms with Crippen molar-refractivity contribution < 1.29 is 28.6 Å². The maximum atomic E-state index is 12.8. The molecule has 2 aromatic carbocycles. The fourth-order valence-electron chi connectivity index (χ4n) is 4.39. The maximum absolute atomic E-state index is 12.8. The highest BCUT2D eigenvalue weighted by Crippen LogP contribution is 2.35. The first kappa shape index (κ1) is 25.8. The second-order valence-electron chi connectivity index (χ2n) is 8.90. The van der Waals surface area contributed by atoms with E-state index < -0.39 is 18.5 Å². The molecule has 1 aliphatic heterocycles. The van der Waals surface area contributed by atoms with Crippen LogP contribution in [0.1, 0.15) is 31.4 Å². The lowest BCUT2D eigenvalue weighted by Crippen LogP contribution is -2.33. The molecule has 3 heterocycles. The highest BCUT2D eigenvalue weighted by atomic mass is 35.5. The van der Waals surface area contributed by atoms with Crippen molar-refractivity contribution in [1.82, 2.24) is 9.88 Å². The molecule has 0 unspecified atom stereocenters. The summed E-state index contributed by atoms with van der Waals surface area (Å²) < 4.78 is 19.9. The number of benzene rings is 2. The number of nitrogens with zero attached hydrogens (tertiary/aromatic N) is 1. The lowest BCUT2D eigenvalue weighted by molar-refractivity contribution is -0.141. The maximum Gasteiger partial charge on any atom is 0.325 e. The first-order valence-electron chi connectivity index (χ1n) is 12.0. The Morgan fingerprint density at radius 3 is 2.63 bits per heavy atom. The summed E-state index contributed by atoms with van der Waals surface area (Å²) in [5, 5.41) is 3.64. The number of halogens is 1. The van der Waals surface area contributed by atoms with Crippen molar-refractivity contribution in [2.24, 2.45) is 0 Å². The number of fused-ring (bicyclic) bond motifs is 2. The van der Waals surface area contributed by atoms with Gasteiger partial charge in [-0.05, 0) is 38.1 Å². The minimum atomic E-state index is -0.718. The van der Waals surface area contributed by atoms with Gasteiger partial charge in [-0.2, -0.15) is 0 Å². The lowest BCUT2D eigenvalue weighted by Gasteiger charge is -2.27. The number of aromatic nitrogens is 1. The van der Waals surface area contributed by atoms with Crippen LogP contribution in [0.5, 0.6) is 11.5 Å². The number of nitrogens with one attached hydrogen (secondary N) is 1. The van der Waals surface area contributed by atoms with Crippen molar-refractivity contribution in [3.05, 3.63) is 81.4 Å². The molecule has 5 rings (SSSR count). The van der Waals surface area contributed by atoms with Crippen molar-refractivity contribution in [3.8, 4) is 11.5 Å². The van der Waals surface area contributed by atoms with Gasteiger partial charge in [0.05, 0.1) is 11.6 Å². The van der Waals surface area contributed by atoms with Gasteiger partial charge in [-0.15, -0.1) is 11.3 Å². The molecule has 0 bridgehead atoms. The van der Waals surface area contributed by atoms with Crippen molar-refractivity contribution in [2.75, 3.05) is 19.8 Å². The molecule has 8 nitrogen and oxygen atoms in total. The van der Waals surface area contributed by atoms with Crippen LogP contribution in [0.4, 0.5) is 0 Å². The summed E-state index contributed by atoms with van der Waals surface area (Å²) >= 11 is 7.57. The Labute approximate surface area is 228 Å². The summed E-state index contributed by atoms with van der Waals surface area (Å²) in [5.74, 6) is -0.118. The van der Waals surface area contributed by atoms with Crippen molar-refractivity contribution in [1.29, 1.82) is 0 Å². The molecule has 0 fully saturated rings. The normalized spacial score (nSPS) is 14.3. The summed E-state index contributed by atoms with van der Waals surface area (Å²) in [5.41, 5.74) is 2.10. The predicted molar refractivity (Wildman–Crippen MR) is 145 cm³/mol. The number of carbonyl (C=O) groups excluding carboxylic acids is 3. The number of ether oxygens (including phenoxy) is 3. The number of amides is 1.